The summed E-state index contributed by atoms with van der Waals surface area (Å²) in [6.45, 7) is 5.19. The van der Waals surface area contributed by atoms with Gasteiger partial charge >= 0.3 is 17.9 Å². The van der Waals surface area contributed by atoms with Gasteiger partial charge in [0.05, 0.1) is 37.2 Å². The first-order chi connectivity index (χ1) is 18.7. The number of rotatable bonds is 13. The Labute approximate surface area is 228 Å². The van der Waals surface area contributed by atoms with Gasteiger partial charge in [-0.2, -0.15) is 0 Å². The van der Waals surface area contributed by atoms with Crippen LogP contribution in [0.4, 0.5) is 0 Å². The molecule has 0 bridgehead atoms. The van der Waals surface area contributed by atoms with Crippen molar-refractivity contribution in [3.63, 3.8) is 0 Å². The maximum absolute atomic E-state index is 12.9. The molecule has 0 spiro atoms. The van der Waals surface area contributed by atoms with E-state index in [9.17, 15) is 14.4 Å². The quantitative estimate of drug-likeness (QED) is 0.0777. The zero-order chi connectivity index (χ0) is 28.4. The van der Waals surface area contributed by atoms with Crippen molar-refractivity contribution < 1.29 is 33.8 Å². The molecule has 39 heavy (non-hydrogen) atoms. The van der Waals surface area contributed by atoms with Gasteiger partial charge in [0.25, 0.3) is 0 Å². The molecule has 3 aromatic rings. The van der Waals surface area contributed by atoms with E-state index in [4.69, 9.17) is 19.4 Å². The Morgan fingerprint density at radius 1 is 1.00 bits per heavy atom. The predicted molar refractivity (Wildman–Crippen MR) is 150 cm³/mol. The van der Waals surface area contributed by atoms with E-state index in [1.54, 1.807) is 20.1 Å². The van der Waals surface area contributed by atoms with Crippen LogP contribution in [0, 0.1) is 17.3 Å². The van der Waals surface area contributed by atoms with Crippen LogP contribution in [0.25, 0.3) is 21.5 Å². The van der Waals surface area contributed by atoms with Gasteiger partial charge in [-0.1, -0.05) is 67.5 Å². The molecule has 1 N–H and O–H groups in total. The maximum Gasteiger partial charge on any atom is 0.337 e. The molecular weight excluding hydrogens is 498 g/mol. The summed E-state index contributed by atoms with van der Waals surface area (Å²) >= 11 is 0. The van der Waals surface area contributed by atoms with Crippen LogP contribution in [-0.2, 0) is 28.7 Å². The van der Waals surface area contributed by atoms with Crippen molar-refractivity contribution in [1.82, 2.24) is 0 Å². The summed E-state index contributed by atoms with van der Waals surface area (Å²) in [7, 11) is 1.28. The monoisotopic (exact) mass is 535 g/mol. The van der Waals surface area contributed by atoms with Crippen LogP contribution in [0.5, 0.6) is 0 Å². The summed E-state index contributed by atoms with van der Waals surface area (Å²) in [4.78, 5) is 43.5. The van der Waals surface area contributed by atoms with E-state index >= 15 is 0 Å². The third-order valence-corrected chi connectivity index (χ3v) is 7.04. The molecular formula is C31H37NO7. The average molecular weight is 536 g/mol. The van der Waals surface area contributed by atoms with Crippen molar-refractivity contribution >= 4 is 45.7 Å². The molecule has 3 aromatic carbocycles. The second-order valence-corrected chi connectivity index (χ2v) is 10.1. The Hall–Kier alpha value is -3.78. The second kappa shape index (κ2) is 13.8. The standard InChI is InChI=1S/C31H37NO7/c1-5-22(29(35)38-16-10-15-33)19-31(3,30(36)37-4)18-21(2)28(34)39-32-20-27-25-13-8-6-11-23(25)17-24-12-7-9-14-26(24)27/h6-9,11-14,17,20-22,33H,5,10,15-16,18-19H2,1-4H3. The molecule has 3 unspecified atom stereocenters. The largest absolute Gasteiger partial charge is 0.469 e. The molecule has 3 atom stereocenters. The molecule has 8 heteroatoms. The van der Waals surface area contributed by atoms with E-state index in [2.05, 4.69) is 11.2 Å². The fraction of sp³-hybridized carbons (Fsp3) is 0.419. The number of esters is 2. The number of methoxy groups -OCH3 is 1. The summed E-state index contributed by atoms with van der Waals surface area (Å²) in [6.07, 6.45) is 2.59. The number of aliphatic hydroxyl groups excluding tert-OH is 1. The van der Waals surface area contributed by atoms with Crippen molar-refractivity contribution in [2.45, 2.75) is 46.5 Å². The third-order valence-electron chi connectivity index (χ3n) is 7.04. The molecule has 0 heterocycles. The van der Waals surface area contributed by atoms with Crippen LogP contribution in [-0.4, -0.2) is 49.6 Å². The highest BCUT2D eigenvalue weighted by Gasteiger charge is 2.41. The predicted octanol–water partition coefficient (Wildman–Crippen LogP) is 5.42. The van der Waals surface area contributed by atoms with Gasteiger partial charge in [0.2, 0.25) is 0 Å². The number of carbonyl (C=O) groups is 3. The number of aliphatic hydroxyl groups is 1. The average Bonchev–Trinajstić information content (AvgIpc) is 2.94. The number of nitrogens with zero attached hydrogens (tertiary/aromatic N) is 1. The number of carbonyl (C=O) groups excluding carboxylic acids is 3. The summed E-state index contributed by atoms with van der Waals surface area (Å²) in [5, 5.41) is 17.0. The minimum Gasteiger partial charge on any atom is -0.469 e. The first-order valence-electron chi connectivity index (χ1n) is 13.2. The number of hydrogen-bond donors (Lipinski definition) is 1. The molecule has 0 aliphatic rings. The van der Waals surface area contributed by atoms with Gasteiger partial charge in [-0.15, -0.1) is 0 Å². The van der Waals surface area contributed by atoms with Gasteiger partial charge in [-0.05, 0) is 53.8 Å². The topological polar surface area (TPSA) is 111 Å². The lowest BCUT2D eigenvalue weighted by Gasteiger charge is -2.31. The summed E-state index contributed by atoms with van der Waals surface area (Å²) in [5.41, 5.74) is -0.284. The van der Waals surface area contributed by atoms with Crippen molar-refractivity contribution in [3.8, 4) is 0 Å². The van der Waals surface area contributed by atoms with Crippen LogP contribution in [0.1, 0.15) is 52.0 Å². The zero-order valence-electron chi connectivity index (χ0n) is 23.0. The molecule has 0 radical (unpaired) electrons. The minimum atomic E-state index is -1.13. The van der Waals surface area contributed by atoms with Crippen LogP contribution in [0.15, 0.2) is 59.8 Å². The summed E-state index contributed by atoms with van der Waals surface area (Å²) < 4.78 is 10.3. The van der Waals surface area contributed by atoms with Gasteiger partial charge in [-0.3, -0.25) is 9.59 Å². The van der Waals surface area contributed by atoms with E-state index in [-0.39, 0.29) is 26.1 Å². The molecule has 0 saturated heterocycles. The number of oxime groups is 1. The van der Waals surface area contributed by atoms with Crippen molar-refractivity contribution in [1.29, 1.82) is 0 Å². The molecule has 208 valence electrons. The van der Waals surface area contributed by atoms with Gasteiger partial charge in [0.1, 0.15) is 0 Å². The summed E-state index contributed by atoms with van der Waals surface area (Å²) in [5.74, 6) is -2.81. The Kier molecular flexibility index (Phi) is 10.6. The van der Waals surface area contributed by atoms with Gasteiger partial charge in [-0.25, -0.2) is 4.79 Å². The first-order valence-corrected chi connectivity index (χ1v) is 13.2. The normalized spacial score (nSPS) is 14.6. The Balaban J connectivity index is 1.74. The Morgan fingerprint density at radius 2 is 1.62 bits per heavy atom. The lowest BCUT2D eigenvalue weighted by molar-refractivity contribution is -0.159. The second-order valence-electron chi connectivity index (χ2n) is 10.1. The first kappa shape index (κ1) is 29.8. The zero-order valence-corrected chi connectivity index (χ0v) is 23.0. The Bertz CT molecular complexity index is 1280. The molecule has 0 aliphatic carbocycles. The molecule has 0 aromatic heterocycles. The van der Waals surface area contributed by atoms with Gasteiger partial charge in [0, 0.05) is 18.6 Å². The molecule has 0 aliphatic heterocycles. The molecule has 8 nitrogen and oxygen atoms in total. The van der Waals surface area contributed by atoms with Crippen LogP contribution >= 0.6 is 0 Å². The highest BCUT2D eigenvalue weighted by Crippen LogP contribution is 2.37. The number of benzene rings is 3. The number of hydrogen-bond acceptors (Lipinski definition) is 8. The van der Waals surface area contributed by atoms with E-state index < -0.39 is 35.2 Å². The van der Waals surface area contributed by atoms with Crippen LogP contribution in [0.3, 0.4) is 0 Å². The van der Waals surface area contributed by atoms with Gasteiger partial charge < -0.3 is 19.4 Å². The lowest BCUT2D eigenvalue weighted by Crippen LogP contribution is -2.37. The van der Waals surface area contributed by atoms with Crippen molar-refractivity contribution in [2.24, 2.45) is 22.4 Å². The van der Waals surface area contributed by atoms with Crippen LogP contribution < -0.4 is 0 Å². The highest BCUT2D eigenvalue weighted by atomic mass is 16.7. The van der Waals surface area contributed by atoms with Crippen molar-refractivity contribution in [2.75, 3.05) is 20.3 Å². The van der Waals surface area contributed by atoms with E-state index in [0.29, 0.717) is 12.8 Å². The third kappa shape index (κ3) is 7.41. The van der Waals surface area contributed by atoms with E-state index in [1.165, 1.54) is 7.11 Å². The number of fused-ring (bicyclic) bond motifs is 2. The maximum atomic E-state index is 12.9. The number of ether oxygens (including phenoxy) is 2. The summed E-state index contributed by atoms with van der Waals surface area (Å²) in [6, 6.07) is 18.0. The molecule has 0 saturated carbocycles. The van der Waals surface area contributed by atoms with Gasteiger partial charge in [0.15, 0.2) is 0 Å². The minimum absolute atomic E-state index is 0.0806. The lowest BCUT2D eigenvalue weighted by atomic mass is 9.74. The van der Waals surface area contributed by atoms with Crippen LogP contribution in [0.2, 0.25) is 0 Å². The fourth-order valence-corrected chi connectivity index (χ4v) is 4.96. The Morgan fingerprint density at radius 3 is 2.18 bits per heavy atom. The van der Waals surface area contributed by atoms with Crippen molar-refractivity contribution in [3.05, 3.63) is 60.2 Å². The molecule has 3 rings (SSSR count). The highest BCUT2D eigenvalue weighted by molar-refractivity contribution is 6.13. The van der Waals surface area contributed by atoms with E-state index in [1.807, 2.05) is 55.5 Å². The molecule has 0 amide bonds. The smallest absolute Gasteiger partial charge is 0.337 e. The fourth-order valence-electron chi connectivity index (χ4n) is 4.96. The van der Waals surface area contributed by atoms with E-state index in [0.717, 1.165) is 27.1 Å². The molecule has 0 fully saturated rings. The SMILES string of the molecule is CCC(CC(C)(CC(C)C(=O)ON=Cc1c2ccccc2cc2ccccc12)C(=O)OC)C(=O)OCCCO.